The van der Waals surface area contributed by atoms with E-state index < -0.39 is 22.7 Å². The Bertz CT molecular complexity index is 1340. The fourth-order valence-corrected chi connectivity index (χ4v) is 7.40. The summed E-state index contributed by atoms with van der Waals surface area (Å²) in [4.78, 5) is 44.4. The second kappa shape index (κ2) is 7.86. The molecule has 3 aliphatic rings. The van der Waals surface area contributed by atoms with Gasteiger partial charge in [-0.3, -0.25) is 14.4 Å². The van der Waals surface area contributed by atoms with Crippen LogP contribution in [0, 0.1) is 29.6 Å². The van der Waals surface area contributed by atoms with E-state index in [-0.39, 0.29) is 17.6 Å². The number of carbonyl (C=O) groups excluding carboxylic acids is 3. The molecule has 2 amide bonds. The number of imide groups is 1. The third-order valence-electron chi connectivity index (χ3n) is 8.85. The predicted molar refractivity (Wildman–Crippen MR) is 141 cm³/mol. The minimum Gasteiger partial charge on any atom is -0.298 e. The van der Waals surface area contributed by atoms with Crippen molar-refractivity contribution in [3.63, 3.8) is 0 Å². The van der Waals surface area contributed by atoms with Crippen molar-refractivity contribution in [3.8, 4) is 0 Å². The molecule has 0 spiro atoms. The van der Waals surface area contributed by atoms with Gasteiger partial charge in [0.25, 0.3) is 0 Å². The number of rotatable bonds is 5. The number of fused-ring (bicyclic) bond motifs is 5. The van der Waals surface area contributed by atoms with Crippen LogP contribution in [0.4, 0.5) is 5.69 Å². The van der Waals surface area contributed by atoms with Gasteiger partial charge in [0.2, 0.25) is 11.8 Å². The molecular formula is C32H29NO3. The minimum atomic E-state index is -1.04. The molecule has 0 radical (unpaired) electrons. The zero-order chi connectivity index (χ0) is 25.2. The SMILES string of the molecule is CC[C@]12C(=O)[C@](CC)(C(c3ccccc3)=C1c1ccccc1)[C@@H]1C(=O)N(c3ccc(C)cc3)C(=O)[C@H]12. The van der Waals surface area contributed by atoms with Gasteiger partial charge in [-0.2, -0.15) is 0 Å². The fourth-order valence-electron chi connectivity index (χ4n) is 7.40. The number of ketones is 1. The number of allylic oxidation sites excluding steroid dienone is 2. The molecule has 2 fully saturated rings. The summed E-state index contributed by atoms with van der Waals surface area (Å²) in [6.45, 7) is 5.96. The second-order valence-corrected chi connectivity index (χ2v) is 10.3. The number of nitrogens with zero attached hydrogens (tertiary/aromatic N) is 1. The van der Waals surface area contributed by atoms with Crippen molar-refractivity contribution in [2.45, 2.75) is 33.6 Å². The first kappa shape index (κ1) is 22.7. The molecule has 0 unspecified atom stereocenters. The highest BCUT2D eigenvalue weighted by molar-refractivity contribution is 6.34. The number of benzene rings is 3. The number of amides is 2. The first-order valence-electron chi connectivity index (χ1n) is 12.8. The van der Waals surface area contributed by atoms with E-state index in [9.17, 15) is 14.4 Å². The smallest absolute Gasteiger partial charge is 0.239 e. The Labute approximate surface area is 211 Å². The molecule has 4 heteroatoms. The molecule has 3 aromatic carbocycles. The van der Waals surface area contributed by atoms with E-state index in [1.165, 1.54) is 4.90 Å². The third-order valence-corrected chi connectivity index (χ3v) is 8.85. The Balaban J connectivity index is 1.67. The predicted octanol–water partition coefficient (Wildman–Crippen LogP) is 6.10. The summed E-state index contributed by atoms with van der Waals surface area (Å²) in [7, 11) is 0. The van der Waals surface area contributed by atoms with Gasteiger partial charge in [-0.15, -0.1) is 0 Å². The number of hydrogen-bond donors (Lipinski definition) is 0. The molecular weight excluding hydrogens is 446 g/mol. The Kier molecular flexibility index (Phi) is 4.95. The standard InChI is InChI=1S/C32H29NO3/c1-4-31-24(21-12-8-6-9-13-21)25(22-14-10-7-11-15-22)32(5-2,30(31)36)27-26(31)28(34)33(29(27)35)23-18-16-20(3)17-19-23/h6-19,26-27H,4-5H2,1-3H3/t26-,27-,31-,32+/m0/s1. The largest absolute Gasteiger partial charge is 0.298 e. The number of hydrogen-bond acceptors (Lipinski definition) is 3. The Morgan fingerprint density at radius 3 is 1.44 bits per heavy atom. The topological polar surface area (TPSA) is 54.5 Å². The van der Waals surface area contributed by atoms with Crippen LogP contribution in [0.2, 0.25) is 0 Å². The normalized spacial score (nSPS) is 28.9. The van der Waals surface area contributed by atoms with Crippen LogP contribution in [0.3, 0.4) is 0 Å². The summed E-state index contributed by atoms with van der Waals surface area (Å²) in [5, 5.41) is 0. The van der Waals surface area contributed by atoms with Crippen LogP contribution in [0.5, 0.6) is 0 Å². The van der Waals surface area contributed by atoms with Crippen molar-refractivity contribution in [2.75, 3.05) is 4.90 Å². The molecule has 3 aromatic rings. The van der Waals surface area contributed by atoms with Gasteiger partial charge in [-0.1, -0.05) is 92.2 Å². The molecule has 4 atom stereocenters. The van der Waals surface area contributed by atoms with Gasteiger partial charge >= 0.3 is 0 Å². The van der Waals surface area contributed by atoms with Crippen LogP contribution < -0.4 is 4.90 Å². The summed E-state index contributed by atoms with van der Waals surface area (Å²) in [6.07, 6.45) is 0.937. The second-order valence-electron chi connectivity index (χ2n) is 10.3. The molecule has 1 aliphatic heterocycles. The van der Waals surface area contributed by atoms with Crippen LogP contribution in [0.15, 0.2) is 84.9 Å². The number of aryl methyl sites for hydroxylation is 1. The summed E-state index contributed by atoms with van der Waals surface area (Å²) in [5.74, 6) is -1.87. The van der Waals surface area contributed by atoms with Crippen molar-refractivity contribution in [1.29, 1.82) is 0 Å². The lowest BCUT2D eigenvalue weighted by molar-refractivity contribution is -0.134. The average molecular weight is 476 g/mol. The van der Waals surface area contributed by atoms with Gasteiger partial charge in [0.15, 0.2) is 5.78 Å². The molecule has 0 aromatic heterocycles. The Morgan fingerprint density at radius 2 is 1.06 bits per heavy atom. The van der Waals surface area contributed by atoms with Crippen LogP contribution in [-0.2, 0) is 14.4 Å². The van der Waals surface area contributed by atoms with Gasteiger partial charge in [-0.05, 0) is 54.2 Å². The maximum Gasteiger partial charge on any atom is 0.239 e. The molecule has 180 valence electrons. The molecule has 2 bridgehead atoms. The van der Waals surface area contributed by atoms with E-state index >= 15 is 0 Å². The molecule has 2 aliphatic carbocycles. The molecule has 1 saturated carbocycles. The minimum absolute atomic E-state index is 0.0398. The van der Waals surface area contributed by atoms with Crippen molar-refractivity contribution in [3.05, 3.63) is 102 Å². The maximum absolute atomic E-state index is 14.7. The van der Waals surface area contributed by atoms with Gasteiger partial charge < -0.3 is 0 Å². The van der Waals surface area contributed by atoms with E-state index in [0.29, 0.717) is 18.5 Å². The van der Waals surface area contributed by atoms with Gasteiger partial charge in [0.05, 0.1) is 28.4 Å². The Morgan fingerprint density at radius 1 is 0.639 bits per heavy atom. The van der Waals surface area contributed by atoms with Gasteiger partial charge in [0, 0.05) is 0 Å². The highest BCUT2D eigenvalue weighted by Gasteiger charge is 2.80. The number of Topliss-reactive ketones (excluding diaryl/α,β-unsaturated/α-hetero) is 1. The fraction of sp³-hybridized carbons (Fsp3) is 0.281. The zero-order valence-corrected chi connectivity index (χ0v) is 20.8. The highest BCUT2D eigenvalue weighted by Crippen LogP contribution is 2.75. The van der Waals surface area contributed by atoms with Crippen LogP contribution in [0.25, 0.3) is 11.1 Å². The van der Waals surface area contributed by atoms with E-state index in [4.69, 9.17) is 0 Å². The monoisotopic (exact) mass is 475 g/mol. The van der Waals surface area contributed by atoms with Crippen molar-refractivity contribution in [2.24, 2.45) is 22.7 Å². The van der Waals surface area contributed by atoms with E-state index in [0.717, 1.165) is 27.8 Å². The van der Waals surface area contributed by atoms with Gasteiger partial charge in [0.1, 0.15) is 0 Å². The molecule has 1 saturated heterocycles. The van der Waals surface area contributed by atoms with Crippen LogP contribution in [0.1, 0.15) is 43.4 Å². The molecule has 6 rings (SSSR count). The van der Waals surface area contributed by atoms with Crippen molar-refractivity contribution < 1.29 is 14.4 Å². The first-order valence-corrected chi connectivity index (χ1v) is 12.8. The van der Waals surface area contributed by atoms with E-state index in [2.05, 4.69) is 0 Å². The number of anilines is 1. The van der Waals surface area contributed by atoms with Crippen molar-refractivity contribution >= 4 is 34.4 Å². The first-order chi connectivity index (χ1) is 17.4. The van der Waals surface area contributed by atoms with Crippen molar-refractivity contribution in [1.82, 2.24) is 0 Å². The quantitative estimate of drug-likeness (QED) is 0.419. The van der Waals surface area contributed by atoms with Crippen LogP contribution in [-0.4, -0.2) is 17.6 Å². The molecule has 4 nitrogen and oxygen atoms in total. The van der Waals surface area contributed by atoms with Gasteiger partial charge in [-0.25, -0.2) is 4.90 Å². The molecule has 1 heterocycles. The Hall–Kier alpha value is -3.79. The third kappa shape index (κ3) is 2.57. The maximum atomic E-state index is 14.7. The summed E-state index contributed by atoms with van der Waals surface area (Å²) >= 11 is 0. The highest BCUT2D eigenvalue weighted by atomic mass is 16.2. The lowest BCUT2D eigenvalue weighted by Crippen LogP contribution is -2.41. The summed E-state index contributed by atoms with van der Waals surface area (Å²) in [6, 6.07) is 27.4. The van der Waals surface area contributed by atoms with Crippen LogP contribution >= 0.6 is 0 Å². The molecule has 0 N–H and O–H groups in total. The number of carbonyl (C=O) groups is 3. The van der Waals surface area contributed by atoms with E-state index in [1.807, 2.05) is 106 Å². The summed E-state index contributed by atoms with van der Waals surface area (Å²) < 4.78 is 0. The lowest BCUT2D eigenvalue weighted by Gasteiger charge is -2.38. The lowest BCUT2D eigenvalue weighted by atomic mass is 9.60. The average Bonchev–Trinajstić information content (AvgIpc) is 3.41. The van der Waals surface area contributed by atoms with E-state index in [1.54, 1.807) is 0 Å². The molecule has 36 heavy (non-hydrogen) atoms. The summed E-state index contributed by atoms with van der Waals surface area (Å²) in [5.41, 5.74) is 3.32. The zero-order valence-electron chi connectivity index (χ0n) is 20.8.